The lowest BCUT2D eigenvalue weighted by Crippen LogP contribution is -2.27. The van der Waals surface area contributed by atoms with Crippen molar-refractivity contribution in [1.29, 1.82) is 0 Å². The maximum atomic E-state index is 11.5. The number of hydrogen-bond acceptors (Lipinski definition) is 2. The number of esters is 1. The SMILES string of the molecule is C=C(C)C(=O)OC(C)C1C=C(CC)CC(C)C1. The van der Waals surface area contributed by atoms with Crippen LogP contribution in [0.25, 0.3) is 0 Å². The zero-order valence-electron chi connectivity index (χ0n) is 11.5. The molecule has 1 aliphatic rings. The number of hydrogen-bond donors (Lipinski definition) is 0. The largest absolute Gasteiger partial charge is 0.459 e. The summed E-state index contributed by atoms with van der Waals surface area (Å²) in [5, 5.41) is 0. The van der Waals surface area contributed by atoms with E-state index in [-0.39, 0.29) is 12.1 Å². The van der Waals surface area contributed by atoms with Crippen LogP contribution in [-0.2, 0) is 9.53 Å². The van der Waals surface area contributed by atoms with Crippen molar-refractivity contribution in [3.8, 4) is 0 Å². The van der Waals surface area contributed by atoms with Crippen molar-refractivity contribution in [1.82, 2.24) is 0 Å². The van der Waals surface area contributed by atoms with Crippen molar-refractivity contribution in [2.75, 3.05) is 0 Å². The molecule has 0 spiro atoms. The van der Waals surface area contributed by atoms with Crippen molar-refractivity contribution >= 4 is 5.97 Å². The van der Waals surface area contributed by atoms with Gasteiger partial charge in [-0.1, -0.05) is 32.1 Å². The maximum absolute atomic E-state index is 11.5. The Hall–Kier alpha value is -1.05. The van der Waals surface area contributed by atoms with Gasteiger partial charge in [-0.2, -0.15) is 0 Å². The molecule has 17 heavy (non-hydrogen) atoms. The molecule has 0 aromatic carbocycles. The molecule has 0 aliphatic heterocycles. The number of rotatable bonds is 4. The molecule has 0 N–H and O–H groups in total. The predicted octanol–water partition coefficient (Wildman–Crippen LogP) is 3.88. The standard InChI is InChI=1S/C15H24O2/c1-6-13-7-11(4)8-14(9-13)12(5)17-15(16)10(2)3/h9,11-12,14H,2,6-8H2,1,3-5H3. The molecule has 2 nitrogen and oxygen atoms in total. The van der Waals surface area contributed by atoms with Crippen LogP contribution in [0.5, 0.6) is 0 Å². The van der Waals surface area contributed by atoms with Gasteiger partial charge in [0.05, 0.1) is 0 Å². The summed E-state index contributed by atoms with van der Waals surface area (Å²) in [5.41, 5.74) is 1.97. The van der Waals surface area contributed by atoms with Gasteiger partial charge in [0.15, 0.2) is 0 Å². The molecule has 2 heteroatoms. The van der Waals surface area contributed by atoms with Crippen molar-refractivity contribution in [3.63, 3.8) is 0 Å². The monoisotopic (exact) mass is 236 g/mol. The van der Waals surface area contributed by atoms with Crippen molar-refractivity contribution in [2.24, 2.45) is 11.8 Å². The van der Waals surface area contributed by atoms with Crippen LogP contribution < -0.4 is 0 Å². The van der Waals surface area contributed by atoms with Gasteiger partial charge < -0.3 is 4.74 Å². The van der Waals surface area contributed by atoms with Gasteiger partial charge in [0.25, 0.3) is 0 Å². The minimum Gasteiger partial charge on any atom is -0.459 e. The Morgan fingerprint density at radius 2 is 2.29 bits per heavy atom. The number of carbonyl (C=O) groups excluding carboxylic acids is 1. The van der Waals surface area contributed by atoms with Crippen LogP contribution in [0.1, 0.15) is 47.0 Å². The van der Waals surface area contributed by atoms with Gasteiger partial charge in [-0.15, -0.1) is 0 Å². The zero-order valence-corrected chi connectivity index (χ0v) is 11.5. The summed E-state index contributed by atoms with van der Waals surface area (Å²) < 4.78 is 5.41. The fourth-order valence-corrected chi connectivity index (χ4v) is 2.38. The van der Waals surface area contributed by atoms with Gasteiger partial charge in [-0.25, -0.2) is 4.79 Å². The van der Waals surface area contributed by atoms with Gasteiger partial charge in [0, 0.05) is 11.5 Å². The second kappa shape index (κ2) is 6.04. The summed E-state index contributed by atoms with van der Waals surface area (Å²) in [7, 11) is 0. The smallest absolute Gasteiger partial charge is 0.333 e. The topological polar surface area (TPSA) is 26.3 Å². The maximum Gasteiger partial charge on any atom is 0.333 e. The molecule has 0 bridgehead atoms. The molecule has 0 aromatic rings. The quantitative estimate of drug-likeness (QED) is 0.420. The minimum atomic E-state index is -0.276. The Kier molecular flexibility index (Phi) is 4.98. The van der Waals surface area contributed by atoms with E-state index in [1.807, 2.05) is 6.92 Å². The highest BCUT2D eigenvalue weighted by Crippen LogP contribution is 2.32. The van der Waals surface area contributed by atoms with Crippen LogP contribution in [0.4, 0.5) is 0 Å². The number of carbonyl (C=O) groups is 1. The molecule has 3 unspecified atom stereocenters. The Labute approximate surface area is 105 Å². The van der Waals surface area contributed by atoms with Gasteiger partial charge in [-0.05, 0) is 39.0 Å². The summed E-state index contributed by atoms with van der Waals surface area (Å²) in [6, 6.07) is 0. The zero-order chi connectivity index (χ0) is 13.0. The molecule has 0 saturated carbocycles. The fraction of sp³-hybridized carbons (Fsp3) is 0.667. The Balaban J connectivity index is 2.65. The van der Waals surface area contributed by atoms with Crippen LogP contribution in [0, 0.1) is 11.8 Å². The van der Waals surface area contributed by atoms with Gasteiger partial charge in [0.2, 0.25) is 0 Å². The highest BCUT2D eigenvalue weighted by molar-refractivity contribution is 5.87. The number of ether oxygens (including phenoxy) is 1. The van der Waals surface area contributed by atoms with Crippen molar-refractivity contribution in [2.45, 2.75) is 53.1 Å². The van der Waals surface area contributed by atoms with E-state index in [0.717, 1.165) is 12.8 Å². The first-order valence-electron chi connectivity index (χ1n) is 6.50. The van der Waals surface area contributed by atoms with Gasteiger partial charge in [0.1, 0.15) is 6.10 Å². The molecule has 0 amide bonds. The van der Waals surface area contributed by atoms with E-state index in [9.17, 15) is 4.79 Å². The Morgan fingerprint density at radius 1 is 1.65 bits per heavy atom. The lowest BCUT2D eigenvalue weighted by molar-refractivity contribution is -0.145. The van der Waals surface area contributed by atoms with E-state index >= 15 is 0 Å². The predicted molar refractivity (Wildman–Crippen MR) is 70.6 cm³/mol. The average Bonchev–Trinajstić information content (AvgIpc) is 2.27. The van der Waals surface area contributed by atoms with E-state index in [1.54, 1.807) is 6.92 Å². The van der Waals surface area contributed by atoms with Crippen molar-refractivity contribution in [3.05, 3.63) is 23.8 Å². The average molecular weight is 236 g/mol. The van der Waals surface area contributed by atoms with Gasteiger partial charge >= 0.3 is 5.97 Å². The van der Waals surface area contributed by atoms with E-state index in [4.69, 9.17) is 4.74 Å². The third-order valence-corrected chi connectivity index (χ3v) is 3.43. The van der Waals surface area contributed by atoms with E-state index < -0.39 is 0 Å². The first kappa shape index (κ1) is 14.0. The summed E-state index contributed by atoms with van der Waals surface area (Å²) in [6.07, 6.45) is 5.64. The fourth-order valence-electron chi connectivity index (χ4n) is 2.38. The third kappa shape index (κ3) is 4.03. The summed E-state index contributed by atoms with van der Waals surface area (Å²) in [5.74, 6) is 0.769. The lowest BCUT2D eigenvalue weighted by atomic mass is 9.80. The number of allylic oxidation sites excluding steroid dienone is 1. The minimum absolute atomic E-state index is 0.0523. The molecule has 0 saturated heterocycles. The molecular formula is C15H24O2. The Bertz CT molecular complexity index is 328. The van der Waals surface area contributed by atoms with Crippen LogP contribution in [-0.4, -0.2) is 12.1 Å². The van der Waals surface area contributed by atoms with Gasteiger partial charge in [-0.3, -0.25) is 0 Å². The second-order valence-corrected chi connectivity index (χ2v) is 5.28. The van der Waals surface area contributed by atoms with Crippen LogP contribution in [0.2, 0.25) is 0 Å². The summed E-state index contributed by atoms with van der Waals surface area (Å²) in [4.78, 5) is 11.5. The summed E-state index contributed by atoms with van der Waals surface area (Å²) in [6.45, 7) is 11.7. The molecule has 1 aliphatic carbocycles. The molecule has 1 rings (SSSR count). The lowest BCUT2D eigenvalue weighted by Gasteiger charge is -2.29. The van der Waals surface area contributed by atoms with Crippen LogP contribution in [0.15, 0.2) is 23.8 Å². The highest BCUT2D eigenvalue weighted by atomic mass is 16.5. The molecule has 0 radical (unpaired) electrons. The van der Waals surface area contributed by atoms with Crippen LogP contribution in [0.3, 0.4) is 0 Å². The molecule has 0 heterocycles. The molecule has 0 aromatic heterocycles. The van der Waals surface area contributed by atoms with E-state index in [0.29, 0.717) is 17.4 Å². The van der Waals surface area contributed by atoms with Crippen LogP contribution >= 0.6 is 0 Å². The first-order chi connectivity index (χ1) is 7.93. The van der Waals surface area contributed by atoms with E-state index in [2.05, 4.69) is 26.5 Å². The third-order valence-electron chi connectivity index (χ3n) is 3.43. The molecule has 96 valence electrons. The Morgan fingerprint density at radius 3 is 2.82 bits per heavy atom. The molecular weight excluding hydrogens is 212 g/mol. The summed E-state index contributed by atoms with van der Waals surface area (Å²) >= 11 is 0. The molecule has 3 atom stereocenters. The normalized spacial score (nSPS) is 26.0. The highest BCUT2D eigenvalue weighted by Gasteiger charge is 2.25. The van der Waals surface area contributed by atoms with Crippen molar-refractivity contribution < 1.29 is 9.53 Å². The first-order valence-corrected chi connectivity index (χ1v) is 6.50. The second-order valence-electron chi connectivity index (χ2n) is 5.28. The molecule has 0 fully saturated rings. The van der Waals surface area contributed by atoms with E-state index in [1.165, 1.54) is 12.0 Å².